The molecule has 0 spiro atoms. The van der Waals surface area contributed by atoms with Gasteiger partial charge in [0, 0.05) is 4.88 Å². The molecule has 0 amide bonds. The van der Waals surface area contributed by atoms with Gasteiger partial charge in [-0.15, -0.1) is 11.3 Å². The molecule has 2 aromatic heterocycles. The Balaban J connectivity index is 1.97. The van der Waals surface area contributed by atoms with Crippen LogP contribution in [0.1, 0.15) is 10.4 Å². The van der Waals surface area contributed by atoms with Crippen molar-refractivity contribution in [2.24, 2.45) is 0 Å². The Bertz CT molecular complexity index is 365. The lowest BCUT2D eigenvalue weighted by molar-refractivity contribution is 1.05. The minimum absolute atomic E-state index is 0.716. The van der Waals surface area contributed by atoms with Crippen molar-refractivity contribution >= 4 is 17.3 Å². The molecule has 0 aliphatic heterocycles. The van der Waals surface area contributed by atoms with Crippen molar-refractivity contribution in [3.05, 3.63) is 28.2 Å². The highest BCUT2D eigenvalue weighted by Crippen LogP contribution is 2.15. The number of thiophene rings is 1. The van der Waals surface area contributed by atoms with Crippen LogP contribution >= 0.6 is 11.3 Å². The first-order valence-electron chi connectivity index (χ1n) is 3.98. The summed E-state index contributed by atoms with van der Waals surface area (Å²) in [7, 11) is 0. The van der Waals surface area contributed by atoms with E-state index in [1.807, 2.05) is 0 Å². The number of H-pyrrole nitrogens is 1. The molecule has 0 saturated carbocycles. The van der Waals surface area contributed by atoms with E-state index in [0.717, 1.165) is 6.54 Å². The number of nitrogens with zero attached hydrogens (tertiary/aromatic N) is 2. The van der Waals surface area contributed by atoms with E-state index in [1.165, 1.54) is 16.8 Å². The van der Waals surface area contributed by atoms with Crippen molar-refractivity contribution in [1.29, 1.82) is 0 Å². The molecular formula is C8H10N4S. The van der Waals surface area contributed by atoms with E-state index in [4.69, 9.17) is 0 Å². The lowest BCUT2D eigenvalue weighted by atomic mass is 10.3. The molecule has 0 radical (unpaired) electrons. The maximum Gasteiger partial charge on any atom is 0.218 e. The molecule has 2 heterocycles. The smallest absolute Gasteiger partial charge is 0.218 e. The second kappa shape index (κ2) is 3.57. The van der Waals surface area contributed by atoms with E-state index < -0.39 is 0 Å². The number of aromatic amines is 1. The molecule has 2 rings (SSSR count). The van der Waals surface area contributed by atoms with Crippen LogP contribution in [0, 0.1) is 6.92 Å². The van der Waals surface area contributed by atoms with Crippen LogP contribution in [0.5, 0.6) is 0 Å². The zero-order valence-corrected chi connectivity index (χ0v) is 8.06. The molecule has 0 aliphatic rings. The third kappa shape index (κ3) is 1.86. The highest BCUT2D eigenvalue weighted by atomic mass is 32.1. The normalized spacial score (nSPS) is 10.2. The van der Waals surface area contributed by atoms with Crippen LogP contribution in [0.3, 0.4) is 0 Å². The minimum Gasteiger partial charge on any atom is -0.350 e. The number of nitrogens with one attached hydrogen (secondary N) is 2. The summed E-state index contributed by atoms with van der Waals surface area (Å²) in [6, 6.07) is 2.11. The number of anilines is 1. The van der Waals surface area contributed by atoms with E-state index in [0.29, 0.717) is 5.95 Å². The Kier molecular flexibility index (Phi) is 2.27. The molecule has 0 aromatic carbocycles. The first kappa shape index (κ1) is 8.25. The molecule has 68 valence electrons. The molecule has 0 unspecified atom stereocenters. The predicted octanol–water partition coefficient (Wildman–Crippen LogP) is 1.79. The Morgan fingerprint density at radius 3 is 3.15 bits per heavy atom. The Morgan fingerprint density at radius 2 is 2.54 bits per heavy atom. The molecule has 0 bridgehead atoms. The summed E-state index contributed by atoms with van der Waals surface area (Å²) in [5.74, 6) is 0.716. The van der Waals surface area contributed by atoms with Gasteiger partial charge in [0.15, 0.2) is 0 Å². The SMILES string of the molecule is Cc1ccsc1CNc1ncn[nH]1. The van der Waals surface area contributed by atoms with Gasteiger partial charge in [-0.05, 0) is 23.9 Å². The van der Waals surface area contributed by atoms with E-state index in [1.54, 1.807) is 11.3 Å². The molecule has 2 aromatic rings. The monoisotopic (exact) mass is 194 g/mol. The summed E-state index contributed by atoms with van der Waals surface area (Å²) in [6.45, 7) is 2.91. The molecule has 0 saturated heterocycles. The maximum absolute atomic E-state index is 3.97. The van der Waals surface area contributed by atoms with Crippen LogP contribution in [0.15, 0.2) is 17.8 Å². The predicted molar refractivity (Wildman–Crippen MR) is 52.8 cm³/mol. The molecule has 0 fully saturated rings. The largest absolute Gasteiger partial charge is 0.350 e. The van der Waals surface area contributed by atoms with Crippen molar-refractivity contribution in [3.8, 4) is 0 Å². The minimum atomic E-state index is 0.716. The van der Waals surface area contributed by atoms with Crippen LogP contribution in [-0.4, -0.2) is 15.2 Å². The van der Waals surface area contributed by atoms with Gasteiger partial charge in [0.2, 0.25) is 5.95 Å². The molecule has 13 heavy (non-hydrogen) atoms. The van der Waals surface area contributed by atoms with Crippen molar-refractivity contribution in [2.75, 3.05) is 5.32 Å². The molecule has 0 atom stereocenters. The van der Waals surface area contributed by atoms with Gasteiger partial charge in [-0.2, -0.15) is 5.10 Å². The quantitative estimate of drug-likeness (QED) is 0.783. The van der Waals surface area contributed by atoms with Crippen LogP contribution < -0.4 is 5.32 Å². The summed E-state index contributed by atoms with van der Waals surface area (Å²) < 4.78 is 0. The number of aryl methyl sites for hydroxylation is 1. The highest BCUT2D eigenvalue weighted by Gasteiger charge is 1.99. The standard InChI is InChI=1S/C8H10N4S/c1-6-2-3-13-7(6)4-9-8-10-5-11-12-8/h2-3,5H,4H2,1H3,(H2,9,10,11,12). The van der Waals surface area contributed by atoms with Gasteiger partial charge >= 0.3 is 0 Å². The average molecular weight is 194 g/mol. The molecule has 4 nitrogen and oxygen atoms in total. The van der Waals surface area contributed by atoms with Crippen molar-refractivity contribution in [1.82, 2.24) is 15.2 Å². The van der Waals surface area contributed by atoms with E-state index in [2.05, 4.69) is 38.9 Å². The molecule has 0 aliphatic carbocycles. The maximum atomic E-state index is 3.97. The second-order valence-corrected chi connectivity index (χ2v) is 3.72. The first-order chi connectivity index (χ1) is 6.36. The van der Waals surface area contributed by atoms with Gasteiger partial charge in [0.1, 0.15) is 6.33 Å². The van der Waals surface area contributed by atoms with E-state index >= 15 is 0 Å². The average Bonchev–Trinajstić information content (AvgIpc) is 2.72. The highest BCUT2D eigenvalue weighted by molar-refractivity contribution is 7.10. The molecule has 2 N–H and O–H groups in total. The van der Waals surface area contributed by atoms with Crippen molar-refractivity contribution in [2.45, 2.75) is 13.5 Å². The van der Waals surface area contributed by atoms with E-state index in [-0.39, 0.29) is 0 Å². The van der Waals surface area contributed by atoms with Crippen LogP contribution in [0.2, 0.25) is 0 Å². The molecular weight excluding hydrogens is 184 g/mol. The second-order valence-electron chi connectivity index (χ2n) is 2.71. The summed E-state index contributed by atoms with van der Waals surface area (Å²) in [5.41, 5.74) is 1.32. The molecule has 5 heteroatoms. The number of aromatic nitrogens is 3. The number of rotatable bonds is 3. The van der Waals surface area contributed by atoms with E-state index in [9.17, 15) is 0 Å². The summed E-state index contributed by atoms with van der Waals surface area (Å²) >= 11 is 1.75. The summed E-state index contributed by atoms with van der Waals surface area (Å²) in [6.07, 6.45) is 1.49. The number of hydrogen-bond donors (Lipinski definition) is 2. The Labute approximate surface area is 80.0 Å². The van der Waals surface area contributed by atoms with Crippen LogP contribution in [0.4, 0.5) is 5.95 Å². The summed E-state index contributed by atoms with van der Waals surface area (Å²) in [5, 5.41) is 11.7. The van der Waals surface area contributed by atoms with Gasteiger partial charge in [-0.3, -0.25) is 0 Å². The topological polar surface area (TPSA) is 53.6 Å². The van der Waals surface area contributed by atoms with Gasteiger partial charge in [0.25, 0.3) is 0 Å². The summed E-state index contributed by atoms with van der Waals surface area (Å²) in [4.78, 5) is 5.30. The zero-order valence-electron chi connectivity index (χ0n) is 7.24. The Morgan fingerprint density at radius 1 is 1.62 bits per heavy atom. The van der Waals surface area contributed by atoms with Gasteiger partial charge in [0.05, 0.1) is 6.54 Å². The van der Waals surface area contributed by atoms with Gasteiger partial charge < -0.3 is 5.32 Å². The third-order valence-corrected chi connectivity index (χ3v) is 2.82. The third-order valence-electron chi connectivity index (χ3n) is 1.80. The lowest BCUT2D eigenvalue weighted by Gasteiger charge is -2.00. The van der Waals surface area contributed by atoms with Crippen LogP contribution in [-0.2, 0) is 6.54 Å². The van der Waals surface area contributed by atoms with Crippen molar-refractivity contribution in [3.63, 3.8) is 0 Å². The van der Waals surface area contributed by atoms with Gasteiger partial charge in [-0.1, -0.05) is 0 Å². The first-order valence-corrected chi connectivity index (χ1v) is 4.86. The fourth-order valence-electron chi connectivity index (χ4n) is 1.04. The Hall–Kier alpha value is -1.36. The van der Waals surface area contributed by atoms with Gasteiger partial charge in [-0.25, -0.2) is 10.1 Å². The fraction of sp³-hybridized carbons (Fsp3) is 0.250. The number of hydrogen-bond acceptors (Lipinski definition) is 4. The van der Waals surface area contributed by atoms with Crippen LogP contribution in [0.25, 0.3) is 0 Å². The zero-order chi connectivity index (χ0) is 9.10. The van der Waals surface area contributed by atoms with Crippen molar-refractivity contribution < 1.29 is 0 Å². The fourth-order valence-corrected chi connectivity index (χ4v) is 1.89. The lowest BCUT2D eigenvalue weighted by Crippen LogP contribution is -2.00.